The number of aromatic nitrogens is 4. The van der Waals surface area contributed by atoms with Gasteiger partial charge in [0.25, 0.3) is 0 Å². The normalized spacial score (nSPS) is 10.4. The maximum Gasteiger partial charge on any atom is 0.235 e. The van der Waals surface area contributed by atoms with E-state index < -0.39 is 0 Å². The summed E-state index contributed by atoms with van der Waals surface area (Å²) in [6.07, 6.45) is 3.59. The number of nitrogens with one attached hydrogen (secondary N) is 1. The number of hydrogen-bond acceptors (Lipinski definition) is 6. The molecule has 0 aliphatic heterocycles. The Labute approximate surface area is 148 Å². The Morgan fingerprint density at radius 1 is 1.29 bits per heavy atom. The maximum atomic E-state index is 9.40. The molecule has 0 aliphatic rings. The van der Waals surface area contributed by atoms with Crippen LogP contribution < -0.4 is 4.72 Å². The van der Waals surface area contributed by atoms with Crippen molar-refractivity contribution in [3.8, 4) is 17.3 Å². The lowest BCUT2D eigenvalue weighted by molar-refractivity contribution is 0.766. The largest absolute Gasteiger partial charge is 0.294 e. The van der Waals surface area contributed by atoms with Gasteiger partial charge in [-0.25, -0.2) is 4.98 Å². The lowest BCUT2D eigenvalue weighted by Crippen LogP contribution is -2.01. The number of halogens is 1. The summed E-state index contributed by atoms with van der Waals surface area (Å²) in [7, 11) is 1.84. The average Bonchev–Trinajstić information content (AvgIpc) is 2.98. The van der Waals surface area contributed by atoms with Crippen molar-refractivity contribution in [3.63, 3.8) is 0 Å². The molecule has 0 bridgehead atoms. The van der Waals surface area contributed by atoms with Crippen molar-refractivity contribution in [3.05, 3.63) is 52.9 Å². The monoisotopic (exact) mass is 356 g/mol. The van der Waals surface area contributed by atoms with Crippen molar-refractivity contribution in [1.82, 2.24) is 19.7 Å². The minimum Gasteiger partial charge on any atom is -0.294 e. The van der Waals surface area contributed by atoms with E-state index in [1.165, 1.54) is 11.9 Å². The van der Waals surface area contributed by atoms with Crippen molar-refractivity contribution < 1.29 is 0 Å². The summed E-state index contributed by atoms with van der Waals surface area (Å²) in [6, 6.07) is 9.80. The van der Waals surface area contributed by atoms with E-state index in [4.69, 9.17) is 11.6 Å². The van der Waals surface area contributed by atoms with Gasteiger partial charge in [0.05, 0.1) is 16.8 Å². The minimum absolute atomic E-state index is 0.125. The van der Waals surface area contributed by atoms with Crippen LogP contribution in [0.3, 0.4) is 0 Å². The smallest absolute Gasteiger partial charge is 0.235 e. The van der Waals surface area contributed by atoms with Gasteiger partial charge in [0.1, 0.15) is 11.6 Å². The fraction of sp³-hybridized carbons (Fsp3) is 0.125. The van der Waals surface area contributed by atoms with Crippen molar-refractivity contribution >= 4 is 29.5 Å². The molecule has 0 atom stereocenters. The molecular weight excluding hydrogens is 344 g/mol. The topological polar surface area (TPSA) is 79.4 Å². The molecule has 2 heterocycles. The highest BCUT2D eigenvalue weighted by molar-refractivity contribution is 8.00. The van der Waals surface area contributed by atoms with E-state index >= 15 is 0 Å². The van der Waals surface area contributed by atoms with Crippen LogP contribution in [-0.2, 0) is 7.05 Å². The first kappa shape index (κ1) is 16.3. The van der Waals surface area contributed by atoms with Crippen molar-refractivity contribution in [1.29, 1.82) is 5.26 Å². The Morgan fingerprint density at radius 2 is 2.08 bits per heavy atom. The molecule has 6 nitrogen and oxygen atoms in total. The Kier molecular flexibility index (Phi) is 4.69. The molecule has 1 N–H and O–H groups in total. The van der Waals surface area contributed by atoms with Crippen LogP contribution >= 0.6 is 23.5 Å². The van der Waals surface area contributed by atoms with Gasteiger partial charge in [-0.1, -0.05) is 35.9 Å². The van der Waals surface area contributed by atoms with Crippen LogP contribution in [0.5, 0.6) is 0 Å². The molecule has 0 radical (unpaired) electrons. The molecule has 0 spiro atoms. The highest BCUT2D eigenvalue weighted by Gasteiger charge is 2.16. The standard InChI is InChI=1S/C16H13ClN6S/c1-10-5-3-4-6-12(10)14-13(7-18)15(17)21-16(20-14)22-24-11-8-19-23(2)9-11/h3-6,8-9H,1-2H3,(H,20,21,22). The Balaban J connectivity index is 1.98. The molecule has 0 unspecified atom stereocenters. The fourth-order valence-corrected chi connectivity index (χ4v) is 2.98. The van der Waals surface area contributed by atoms with Crippen LogP contribution in [0.15, 0.2) is 41.6 Å². The van der Waals surface area contributed by atoms with E-state index in [0.717, 1.165) is 16.0 Å². The molecule has 0 amide bonds. The second kappa shape index (κ2) is 6.91. The van der Waals surface area contributed by atoms with Gasteiger partial charge in [-0.05, 0) is 24.4 Å². The van der Waals surface area contributed by atoms with Crippen LogP contribution in [0.2, 0.25) is 5.15 Å². The number of rotatable bonds is 4. The average molecular weight is 357 g/mol. The highest BCUT2D eigenvalue weighted by Crippen LogP contribution is 2.30. The number of nitriles is 1. The third kappa shape index (κ3) is 3.35. The molecule has 0 aliphatic carbocycles. The van der Waals surface area contributed by atoms with Crippen LogP contribution in [0.1, 0.15) is 11.1 Å². The van der Waals surface area contributed by atoms with E-state index in [-0.39, 0.29) is 10.7 Å². The van der Waals surface area contributed by atoms with Crippen molar-refractivity contribution in [2.24, 2.45) is 7.05 Å². The summed E-state index contributed by atoms with van der Waals surface area (Å²) in [6.45, 7) is 1.96. The number of hydrogen-bond donors (Lipinski definition) is 1. The van der Waals surface area contributed by atoms with Crippen LogP contribution in [0.4, 0.5) is 5.95 Å². The number of anilines is 1. The van der Waals surface area contributed by atoms with Gasteiger partial charge in [-0.3, -0.25) is 9.40 Å². The third-order valence-corrected chi connectivity index (χ3v) is 4.32. The summed E-state index contributed by atoms with van der Waals surface area (Å²) < 4.78 is 4.75. The quantitative estimate of drug-likeness (QED) is 0.565. The first-order valence-corrected chi connectivity index (χ1v) is 8.23. The molecule has 0 saturated carbocycles. The van der Waals surface area contributed by atoms with Gasteiger partial charge in [-0.2, -0.15) is 15.3 Å². The molecule has 3 aromatic rings. The second-order valence-corrected chi connectivity index (χ2v) is 6.28. The maximum absolute atomic E-state index is 9.40. The number of aryl methyl sites for hydroxylation is 2. The van der Waals surface area contributed by atoms with E-state index in [9.17, 15) is 5.26 Å². The Morgan fingerprint density at radius 3 is 2.75 bits per heavy atom. The second-order valence-electron chi connectivity index (χ2n) is 5.04. The molecule has 2 aromatic heterocycles. The van der Waals surface area contributed by atoms with Crippen LogP contribution in [0.25, 0.3) is 11.3 Å². The van der Waals surface area contributed by atoms with Crippen molar-refractivity contribution in [2.45, 2.75) is 11.8 Å². The van der Waals surface area contributed by atoms with Gasteiger partial charge in [0, 0.05) is 18.8 Å². The van der Waals surface area contributed by atoms with Crippen LogP contribution in [-0.4, -0.2) is 19.7 Å². The molecule has 0 fully saturated rings. The van der Waals surface area contributed by atoms with E-state index in [1.807, 2.05) is 44.4 Å². The lowest BCUT2D eigenvalue weighted by atomic mass is 10.0. The van der Waals surface area contributed by atoms with Gasteiger partial charge in [-0.15, -0.1) is 0 Å². The zero-order valence-corrected chi connectivity index (χ0v) is 14.6. The summed E-state index contributed by atoms with van der Waals surface area (Å²) in [5, 5.41) is 13.6. The SMILES string of the molecule is Cc1ccccc1-c1nc(NSc2cnn(C)c2)nc(Cl)c1C#N. The number of nitrogens with zero attached hydrogens (tertiary/aromatic N) is 5. The fourth-order valence-electron chi connectivity index (χ4n) is 2.17. The third-order valence-electron chi connectivity index (χ3n) is 3.32. The van der Waals surface area contributed by atoms with E-state index in [1.54, 1.807) is 10.9 Å². The lowest BCUT2D eigenvalue weighted by Gasteiger charge is -2.10. The van der Waals surface area contributed by atoms with E-state index in [0.29, 0.717) is 11.6 Å². The summed E-state index contributed by atoms with van der Waals surface area (Å²) in [5.74, 6) is 0.339. The molecule has 0 saturated heterocycles. The summed E-state index contributed by atoms with van der Waals surface area (Å²) >= 11 is 7.51. The molecule has 120 valence electrons. The highest BCUT2D eigenvalue weighted by atomic mass is 35.5. The first-order valence-electron chi connectivity index (χ1n) is 7.03. The molecule has 3 rings (SSSR count). The van der Waals surface area contributed by atoms with Crippen LogP contribution in [0, 0.1) is 18.3 Å². The molecule has 1 aromatic carbocycles. The molecular formula is C16H13ClN6S. The van der Waals surface area contributed by atoms with Gasteiger partial charge < -0.3 is 0 Å². The van der Waals surface area contributed by atoms with Crippen molar-refractivity contribution in [2.75, 3.05) is 4.72 Å². The summed E-state index contributed by atoms with van der Waals surface area (Å²) in [4.78, 5) is 9.55. The van der Waals surface area contributed by atoms with Gasteiger partial charge >= 0.3 is 0 Å². The summed E-state index contributed by atoms with van der Waals surface area (Å²) in [5.41, 5.74) is 2.65. The minimum atomic E-state index is 0.125. The first-order chi connectivity index (χ1) is 11.6. The predicted molar refractivity (Wildman–Crippen MR) is 94.6 cm³/mol. The predicted octanol–water partition coefficient (Wildman–Crippen LogP) is 3.83. The Bertz CT molecular complexity index is 931. The Hall–Kier alpha value is -2.56. The molecule has 8 heteroatoms. The van der Waals surface area contributed by atoms with Gasteiger partial charge in [0.2, 0.25) is 5.95 Å². The zero-order valence-electron chi connectivity index (χ0n) is 13.0. The zero-order chi connectivity index (χ0) is 17.1. The van der Waals surface area contributed by atoms with Gasteiger partial charge in [0.15, 0.2) is 5.15 Å². The van der Waals surface area contributed by atoms with E-state index in [2.05, 4.69) is 25.9 Å². The number of benzene rings is 1. The molecule has 24 heavy (non-hydrogen) atoms.